The second-order valence-electron chi connectivity index (χ2n) is 6.68. The molecule has 0 bridgehead atoms. The quantitative estimate of drug-likeness (QED) is 0.478. The van der Waals surface area contributed by atoms with E-state index < -0.39 is 28.0 Å². The molecule has 0 aliphatic heterocycles. The van der Waals surface area contributed by atoms with Crippen molar-refractivity contribution in [1.82, 2.24) is 0 Å². The van der Waals surface area contributed by atoms with Crippen molar-refractivity contribution in [1.29, 1.82) is 0 Å². The Kier molecular flexibility index (Phi) is 7.73. The Hall–Kier alpha value is -2.20. The van der Waals surface area contributed by atoms with Crippen molar-refractivity contribution in [3.05, 3.63) is 28.8 Å². The van der Waals surface area contributed by atoms with Crippen LogP contribution >= 0.6 is 0 Å². The number of carbonyl (C=O) groups excluding carboxylic acids is 2. The second kappa shape index (κ2) is 9.14. The summed E-state index contributed by atoms with van der Waals surface area (Å²) in [5, 5.41) is 0. The molecule has 0 spiro atoms. The molecular weight excluding hydrogens is 383 g/mol. The molecule has 27 heavy (non-hydrogen) atoms. The lowest BCUT2D eigenvalue weighted by molar-refractivity contribution is -0.160. The molecular formula is C17H23FO8S. The first-order valence-electron chi connectivity index (χ1n) is 7.93. The Morgan fingerprint density at radius 3 is 2.22 bits per heavy atom. The van der Waals surface area contributed by atoms with Gasteiger partial charge in [0.05, 0.1) is 20.1 Å². The van der Waals surface area contributed by atoms with Crippen molar-refractivity contribution in [3.63, 3.8) is 0 Å². The molecule has 0 saturated heterocycles. The summed E-state index contributed by atoms with van der Waals surface area (Å²) >= 11 is 0. The predicted octanol–water partition coefficient (Wildman–Crippen LogP) is 2.16. The molecule has 1 rings (SSSR count). The van der Waals surface area contributed by atoms with E-state index in [1.165, 1.54) is 19.2 Å². The maximum absolute atomic E-state index is 12.8. The lowest BCUT2D eigenvalue weighted by atomic mass is 10.00. The standard InChI is InChI=1S/C17H23FO8S/c1-11-12(8-15(19)23-5)6-14(26-27(18,21)22)7-13(11)9-24-10-16(20)25-17(2,3)4/h6-7H,8-10H2,1-5H3. The van der Waals surface area contributed by atoms with Crippen molar-refractivity contribution in [2.75, 3.05) is 13.7 Å². The van der Waals surface area contributed by atoms with Gasteiger partial charge in [-0.2, -0.15) is 8.42 Å². The van der Waals surface area contributed by atoms with Gasteiger partial charge in [0.1, 0.15) is 18.0 Å². The highest BCUT2D eigenvalue weighted by Gasteiger charge is 2.18. The minimum absolute atomic E-state index is 0.108. The number of hydrogen-bond acceptors (Lipinski definition) is 8. The minimum atomic E-state index is -5.24. The first-order chi connectivity index (χ1) is 12.3. The summed E-state index contributed by atoms with van der Waals surface area (Å²) in [5.74, 6) is -1.47. The number of methoxy groups -OCH3 is 1. The van der Waals surface area contributed by atoms with Crippen LogP contribution in [0.25, 0.3) is 0 Å². The van der Waals surface area contributed by atoms with Gasteiger partial charge in [-0.1, -0.05) is 3.89 Å². The zero-order valence-electron chi connectivity index (χ0n) is 15.8. The summed E-state index contributed by atoms with van der Waals surface area (Å²) in [6.07, 6.45) is -0.176. The third-order valence-corrected chi connectivity index (χ3v) is 3.64. The molecule has 1 aromatic rings. The fourth-order valence-corrected chi connectivity index (χ4v) is 2.47. The number of carbonyl (C=O) groups is 2. The lowest BCUT2D eigenvalue weighted by Crippen LogP contribution is -2.26. The van der Waals surface area contributed by atoms with Gasteiger partial charge in [-0.05, 0) is 56.5 Å². The Morgan fingerprint density at radius 2 is 1.70 bits per heavy atom. The largest absolute Gasteiger partial charge is 0.488 e. The number of esters is 2. The summed E-state index contributed by atoms with van der Waals surface area (Å²) in [7, 11) is -4.04. The van der Waals surface area contributed by atoms with Gasteiger partial charge in [-0.3, -0.25) is 4.79 Å². The zero-order valence-corrected chi connectivity index (χ0v) is 16.6. The number of halogens is 1. The molecule has 152 valence electrons. The molecule has 0 atom stereocenters. The van der Waals surface area contributed by atoms with Crippen LogP contribution in [0.3, 0.4) is 0 Å². The highest BCUT2D eigenvalue weighted by atomic mass is 32.3. The highest BCUT2D eigenvalue weighted by Crippen LogP contribution is 2.25. The molecule has 0 aliphatic carbocycles. The van der Waals surface area contributed by atoms with Crippen molar-refractivity contribution >= 4 is 22.4 Å². The third kappa shape index (κ3) is 8.83. The molecule has 8 nitrogen and oxygen atoms in total. The molecule has 0 amide bonds. The van der Waals surface area contributed by atoms with Crippen LogP contribution in [0, 0.1) is 6.92 Å². The molecule has 1 aromatic carbocycles. The van der Waals surface area contributed by atoms with Gasteiger partial charge in [0.2, 0.25) is 0 Å². The van der Waals surface area contributed by atoms with Gasteiger partial charge in [-0.15, -0.1) is 0 Å². The molecule has 0 fully saturated rings. The normalized spacial score (nSPS) is 11.8. The van der Waals surface area contributed by atoms with Gasteiger partial charge in [0.25, 0.3) is 0 Å². The van der Waals surface area contributed by atoms with Crippen LogP contribution in [0.5, 0.6) is 5.75 Å². The molecule has 0 radical (unpaired) electrons. The summed E-state index contributed by atoms with van der Waals surface area (Å²) in [6.45, 7) is 6.36. The maximum Gasteiger partial charge on any atom is 0.488 e. The smallest absolute Gasteiger partial charge is 0.469 e. The highest BCUT2D eigenvalue weighted by molar-refractivity contribution is 7.81. The molecule has 0 aliphatic rings. The van der Waals surface area contributed by atoms with Crippen LogP contribution in [-0.2, 0) is 47.3 Å². The number of rotatable bonds is 8. The second-order valence-corrected chi connectivity index (χ2v) is 7.63. The van der Waals surface area contributed by atoms with Crippen LogP contribution in [-0.4, -0.2) is 39.7 Å². The SMILES string of the molecule is COC(=O)Cc1cc(OS(=O)(=O)F)cc(COCC(=O)OC(C)(C)C)c1C. The topological polar surface area (TPSA) is 105 Å². The van der Waals surface area contributed by atoms with Gasteiger partial charge in [0.15, 0.2) is 0 Å². The fourth-order valence-electron chi connectivity index (χ4n) is 2.15. The van der Waals surface area contributed by atoms with Gasteiger partial charge >= 0.3 is 22.4 Å². The van der Waals surface area contributed by atoms with Gasteiger partial charge in [-0.25, -0.2) is 4.79 Å². The number of benzene rings is 1. The third-order valence-electron chi connectivity index (χ3n) is 3.25. The average Bonchev–Trinajstić information content (AvgIpc) is 2.47. The van der Waals surface area contributed by atoms with E-state index in [-0.39, 0.29) is 25.4 Å². The predicted molar refractivity (Wildman–Crippen MR) is 93.1 cm³/mol. The Bertz CT molecular complexity index is 796. The van der Waals surface area contributed by atoms with Crippen molar-refractivity contribution < 1.29 is 40.3 Å². The van der Waals surface area contributed by atoms with E-state index in [9.17, 15) is 21.9 Å². The summed E-state index contributed by atoms with van der Waals surface area (Å²) in [5.41, 5.74) is 0.721. The molecule has 10 heteroatoms. The van der Waals surface area contributed by atoms with E-state index in [1.807, 2.05) is 0 Å². The zero-order chi connectivity index (χ0) is 20.8. The Labute approximate surface area is 158 Å². The molecule has 0 saturated carbocycles. The lowest BCUT2D eigenvalue weighted by Gasteiger charge is -2.19. The van der Waals surface area contributed by atoms with Crippen LogP contribution in [0.4, 0.5) is 3.89 Å². The van der Waals surface area contributed by atoms with E-state index in [0.29, 0.717) is 16.7 Å². The number of hydrogen-bond donors (Lipinski definition) is 0. The van der Waals surface area contributed by atoms with Crippen molar-refractivity contribution in [2.45, 2.75) is 46.3 Å². The summed E-state index contributed by atoms with van der Waals surface area (Å²) in [6, 6.07) is 2.48. The fraction of sp³-hybridized carbons (Fsp3) is 0.529. The minimum Gasteiger partial charge on any atom is -0.469 e. The van der Waals surface area contributed by atoms with Crippen LogP contribution in [0.2, 0.25) is 0 Å². The first-order valence-corrected chi connectivity index (χ1v) is 9.24. The van der Waals surface area contributed by atoms with E-state index in [4.69, 9.17) is 9.47 Å². The van der Waals surface area contributed by atoms with E-state index >= 15 is 0 Å². The maximum atomic E-state index is 12.8. The first kappa shape index (κ1) is 22.8. The van der Waals surface area contributed by atoms with E-state index in [1.54, 1.807) is 27.7 Å². The average molecular weight is 406 g/mol. The summed E-state index contributed by atoms with van der Waals surface area (Å²) in [4.78, 5) is 23.2. The Morgan fingerprint density at radius 1 is 1.11 bits per heavy atom. The molecule has 0 aromatic heterocycles. The van der Waals surface area contributed by atoms with Crippen molar-refractivity contribution in [3.8, 4) is 5.75 Å². The van der Waals surface area contributed by atoms with E-state index in [2.05, 4.69) is 8.92 Å². The van der Waals surface area contributed by atoms with Gasteiger partial charge in [0, 0.05) is 0 Å². The van der Waals surface area contributed by atoms with Crippen LogP contribution in [0.15, 0.2) is 12.1 Å². The van der Waals surface area contributed by atoms with Crippen LogP contribution in [0.1, 0.15) is 37.5 Å². The van der Waals surface area contributed by atoms with E-state index in [0.717, 1.165) is 0 Å². The van der Waals surface area contributed by atoms with Gasteiger partial charge < -0.3 is 18.4 Å². The Balaban J connectivity index is 2.99. The molecule has 0 unspecified atom stereocenters. The monoisotopic (exact) mass is 406 g/mol. The van der Waals surface area contributed by atoms with Crippen LogP contribution < -0.4 is 4.18 Å². The molecule has 0 N–H and O–H groups in total. The molecule has 0 heterocycles. The summed E-state index contributed by atoms with van der Waals surface area (Å²) < 4.78 is 53.6. The number of ether oxygens (including phenoxy) is 3. The van der Waals surface area contributed by atoms with Crippen molar-refractivity contribution in [2.24, 2.45) is 0 Å².